The van der Waals surface area contributed by atoms with Crippen LogP contribution in [-0.4, -0.2) is 76.2 Å². The van der Waals surface area contributed by atoms with E-state index in [1.165, 1.54) is 25.3 Å². The fraction of sp³-hybridized carbons (Fsp3) is 0.438. The molecule has 0 bridgehead atoms. The summed E-state index contributed by atoms with van der Waals surface area (Å²) in [5.74, 6) is -3.55. The summed E-state index contributed by atoms with van der Waals surface area (Å²) in [6.45, 7) is 7.28. The van der Waals surface area contributed by atoms with Gasteiger partial charge in [0.15, 0.2) is 5.58 Å². The van der Waals surface area contributed by atoms with Gasteiger partial charge in [0.05, 0.1) is 30.8 Å². The lowest BCUT2D eigenvalue weighted by atomic mass is 9.96. The van der Waals surface area contributed by atoms with E-state index in [0.29, 0.717) is 40.9 Å². The molecule has 0 aliphatic carbocycles. The van der Waals surface area contributed by atoms with Gasteiger partial charge < -0.3 is 19.6 Å². The van der Waals surface area contributed by atoms with Crippen LogP contribution in [-0.2, 0) is 25.7 Å². The highest BCUT2D eigenvalue weighted by molar-refractivity contribution is 6.12. The number of fused-ring (bicyclic) bond motifs is 1. The zero-order valence-corrected chi connectivity index (χ0v) is 25.5. The molecule has 1 aliphatic rings. The average molecular weight is 607 g/mol. The average Bonchev–Trinajstić information content (AvgIpc) is 3.66. The van der Waals surface area contributed by atoms with Crippen molar-refractivity contribution in [3.05, 3.63) is 65.5 Å². The molecule has 1 aromatic heterocycles. The van der Waals surface area contributed by atoms with Crippen LogP contribution < -0.4 is 5.73 Å². The summed E-state index contributed by atoms with van der Waals surface area (Å²) in [5, 5.41) is 0. The first-order valence-electron chi connectivity index (χ1n) is 14.6. The van der Waals surface area contributed by atoms with Gasteiger partial charge in [0.25, 0.3) is 17.7 Å². The molecule has 3 aromatic rings. The largest absolute Gasteiger partial charge is 0.465 e. The molecule has 3 atom stereocenters. The van der Waals surface area contributed by atoms with Crippen molar-refractivity contribution in [1.29, 1.82) is 0 Å². The van der Waals surface area contributed by atoms with E-state index in [9.17, 15) is 24.0 Å². The number of likely N-dealkylation sites (tertiary alicyclic amines) is 1. The van der Waals surface area contributed by atoms with Crippen molar-refractivity contribution in [3.63, 3.8) is 0 Å². The van der Waals surface area contributed by atoms with Crippen LogP contribution in [0.1, 0.15) is 67.1 Å². The fourth-order valence-corrected chi connectivity index (χ4v) is 5.28. The highest BCUT2D eigenvalue weighted by atomic mass is 16.6. The third-order valence-electron chi connectivity index (χ3n) is 7.69. The number of rotatable bonds is 10. The zero-order chi connectivity index (χ0) is 32.1. The van der Waals surface area contributed by atoms with Gasteiger partial charge in [-0.1, -0.05) is 58.0 Å². The Morgan fingerprint density at radius 3 is 2.39 bits per heavy atom. The monoisotopic (exact) mass is 606 g/mol. The lowest BCUT2D eigenvalue weighted by molar-refractivity contribution is -0.147. The van der Waals surface area contributed by atoms with Crippen LogP contribution in [0.3, 0.4) is 0 Å². The third-order valence-corrected chi connectivity index (χ3v) is 7.69. The van der Waals surface area contributed by atoms with E-state index in [0.717, 1.165) is 0 Å². The van der Waals surface area contributed by atoms with Crippen LogP contribution in [0.4, 0.5) is 4.79 Å². The smallest absolute Gasteiger partial charge is 0.423 e. The Kier molecular flexibility index (Phi) is 10.3. The lowest BCUT2D eigenvalue weighted by Crippen LogP contribution is -2.58. The van der Waals surface area contributed by atoms with Gasteiger partial charge >= 0.3 is 12.1 Å². The molecule has 234 valence electrons. The highest BCUT2D eigenvalue weighted by Crippen LogP contribution is 2.29. The van der Waals surface area contributed by atoms with Crippen molar-refractivity contribution in [2.24, 2.45) is 17.6 Å². The summed E-state index contributed by atoms with van der Waals surface area (Å²) in [5.41, 5.74) is 7.65. The standard InChI is InChI=1S/C32H38N4O8/c1-18(2)25(33)30(39)36(32(41)43-17-20-10-7-6-8-11-20)29(38)23-12-9-15-35(23)26(19(3)4)27(37)28-34-22-16-21(31(40)42-5)13-14-24(22)44-28/h6-8,10-11,13-14,16,18-19,23,25-26H,9,12,15,17,33H2,1-5H3/t23-,25-,26-/m0/s1. The molecule has 2 aromatic carbocycles. The first-order valence-corrected chi connectivity index (χ1v) is 14.6. The molecular formula is C32H38N4O8. The maximum atomic E-state index is 14.0. The van der Waals surface area contributed by atoms with Gasteiger partial charge in [0.1, 0.15) is 12.1 Å². The van der Waals surface area contributed by atoms with Crippen LogP contribution >= 0.6 is 0 Å². The Labute approximate surface area is 255 Å². The molecule has 3 amide bonds. The topological polar surface area (TPSA) is 162 Å². The predicted molar refractivity (Wildman–Crippen MR) is 159 cm³/mol. The van der Waals surface area contributed by atoms with Crippen LogP contribution in [0.5, 0.6) is 0 Å². The molecule has 2 N–H and O–H groups in total. The second kappa shape index (κ2) is 13.9. The number of benzene rings is 2. The molecule has 1 fully saturated rings. The Morgan fingerprint density at radius 1 is 1.05 bits per heavy atom. The summed E-state index contributed by atoms with van der Waals surface area (Å²) in [4.78, 5) is 73.1. The minimum Gasteiger partial charge on any atom is -0.465 e. The Hall–Kier alpha value is -4.42. The number of methoxy groups -OCH3 is 1. The van der Waals surface area contributed by atoms with Gasteiger partial charge in [-0.25, -0.2) is 14.6 Å². The first kappa shape index (κ1) is 32.5. The number of esters is 1. The number of Topliss-reactive ketones (excluding diaryl/α,β-unsaturated/α-hetero) is 1. The van der Waals surface area contributed by atoms with Gasteiger partial charge in [-0.15, -0.1) is 0 Å². The molecule has 12 nitrogen and oxygen atoms in total. The van der Waals surface area contributed by atoms with E-state index in [1.54, 1.807) is 43.0 Å². The number of ketones is 1. The summed E-state index contributed by atoms with van der Waals surface area (Å²) in [6, 6.07) is 10.4. The Morgan fingerprint density at radius 2 is 1.75 bits per heavy atom. The van der Waals surface area contributed by atoms with Gasteiger partial charge in [-0.3, -0.25) is 19.3 Å². The van der Waals surface area contributed by atoms with E-state index >= 15 is 0 Å². The molecule has 2 heterocycles. The second-order valence-corrected chi connectivity index (χ2v) is 11.5. The van der Waals surface area contributed by atoms with Gasteiger partial charge in [-0.2, -0.15) is 4.90 Å². The van der Waals surface area contributed by atoms with Crippen molar-refractivity contribution in [2.75, 3.05) is 13.7 Å². The van der Waals surface area contributed by atoms with E-state index in [4.69, 9.17) is 19.6 Å². The number of imide groups is 3. The summed E-state index contributed by atoms with van der Waals surface area (Å²) >= 11 is 0. The maximum absolute atomic E-state index is 14.0. The molecule has 4 rings (SSSR count). The second-order valence-electron chi connectivity index (χ2n) is 11.5. The van der Waals surface area contributed by atoms with Crippen LogP contribution in [0.2, 0.25) is 0 Å². The van der Waals surface area contributed by atoms with Crippen LogP contribution in [0.15, 0.2) is 52.9 Å². The molecule has 0 saturated carbocycles. The number of nitrogens with zero attached hydrogens (tertiary/aromatic N) is 3. The van der Waals surface area contributed by atoms with Crippen molar-refractivity contribution in [3.8, 4) is 0 Å². The van der Waals surface area contributed by atoms with Gasteiger partial charge in [0, 0.05) is 0 Å². The zero-order valence-electron chi connectivity index (χ0n) is 25.5. The maximum Gasteiger partial charge on any atom is 0.423 e. The number of amides is 3. The van der Waals surface area contributed by atoms with Gasteiger partial charge in [0.2, 0.25) is 5.78 Å². The highest BCUT2D eigenvalue weighted by Gasteiger charge is 2.46. The molecule has 0 unspecified atom stereocenters. The number of oxazole rings is 1. The molecule has 1 aliphatic heterocycles. The van der Waals surface area contributed by atoms with E-state index in [-0.39, 0.29) is 29.9 Å². The van der Waals surface area contributed by atoms with Crippen LogP contribution in [0, 0.1) is 11.8 Å². The molecular weight excluding hydrogens is 568 g/mol. The van der Waals surface area contributed by atoms with Crippen molar-refractivity contribution in [2.45, 2.75) is 65.3 Å². The van der Waals surface area contributed by atoms with Crippen molar-refractivity contribution >= 4 is 40.8 Å². The molecule has 12 heteroatoms. The molecule has 44 heavy (non-hydrogen) atoms. The minimum absolute atomic E-state index is 0.148. The van der Waals surface area contributed by atoms with Crippen molar-refractivity contribution < 1.29 is 37.9 Å². The summed E-state index contributed by atoms with van der Waals surface area (Å²) in [7, 11) is 1.26. The normalized spacial score (nSPS) is 16.6. The summed E-state index contributed by atoms with van der Waals surface area (Å²) < 4.78 is 15.9. The molecule has 0 spiro atoms. The van der Waals surface area contributed by atoms with E-state index in [2.05, 4.69) is 4.98 Å². The minimum atomic E-state index is -1.13. The quantitative estimate of drug-likeness (QED) is 0.263. The lowest BCUT2D eigenvalue weighted by Gasteiger charge is -2.35. The Balaban J connectivity index is 1.62. The SMILES string of the molecule is COC(=O)c1ccc2oc(C(=O)[C@H](C(C)C)N3CCC[C@H]3C(=O)N(C(=O)OCc3ccccc3)C(=O)[C@@H](N)C(C)C)nc2c1. The van der Waals surface area contributed by atoms with Gasteiger partial charge in [-0.05, 0) is 55.0 Å². The number of hydrogen-bond acceptors (Lipinski definition) is 11. The van der Waals surface area contributed by atoms with Crippen LogP contribution in [0.25, 0.3) is 11.1 Å². The number of hydrogen-bond donors (Lipinski definition) is 1. The fourth-order valence-electron chi connectivity index (χ4n) is 5.28. The molecule has 0 radical (unpaired) electrons. The summed E-state index contributed by atoms with van der Waals surface area (Å²) in [6.07, 6.45) is -0.280. The van der Waals surface area contributed by atoms with E-state index < -0.39 is 47.8 Å². The predicted octanol–water partition coefficient (Wildman–Crippen LogP) is 3.96. The Bertz CT molecular complexity index is 1530. The van der Waals surface area contributed by atoms with E-state index in [1.807, 2.05) is 19.9 Å². The molecule has 1 saturated heterocycles. The number of carbonyl (C=O) groups excluding carboxylic acids is 5. The van der Waals surface area contributed by atoms with Crippen molar-refractivity contribution in [1.82, 2.24) is 14.8 Å². The third kappa shape index (κ3) is 6.87. The number of carbonyl (C=O) groups is 5. The number of ether oxygens (including phenoxy) is 2. The number of aromatic nitrogens is 1. The first-order chi connectivity index (χ1) is 20.9. The number of nitrogens with two attached hydrogens (primary N) is 1.